The summed E-state index contributed by atoms with van der Waals surface area (Å²) < 4.78 is 5.59. The summed E-state index contributed by atoms with van der Waals surface area (Å²) in [5.41, 5.74) is 2.39. The summed E-state index contributed by atoms with van der Waals surface area (Å²) in [5, 5.41) is 4.26. The Morgan fingerprint density at radius 1 is 1.29 bits per heavy atom. The summed E-state index contributed by atoms with van der Waals surface area (Å²) in [6.07, 6.45) is 6.61. The van der Waals surface area contributed by atoms with Crippen LogP contribution < -0.4 is 10.2 Å². The highest BCUT2D eigenvalue weighted by atomic mass is 32.1. The monoisotopic (exact) mass is 400 g/mol. The second-order valence-electron chi connectivity index (χ2n) is 8.00. The number of aryl methyl sites for hydroxylation is 1. The fraction of sp³-hybridized carbons (Fsp3) is 0.522. The highest BCUT2D eigenvalue weighted by Gasteiger charge is 2.20. The standard InChI is InChI=1S/C23H33N3OS/c1-3-20-10-4-5-12-22(20)24-23(28)26(18-21-11-7-16-27-21)15-8-14-25-13-6-9-19(2)17-25/h4-5,7,10-12,16,19H,3,6,8-9,13-15,17-18H2,1-2H3,(H,24,28)/p+1. The van der Waals surface area contributed by atoms with Crippen LogP contribution in [0.2, 0.25) is 0 Å². The van der Waals surface area contributed by atoms with Crippen molar-refractivity contribution in [2.45, 2.75) is 46.1 Å². The third-order valence-electron chi connectivity index (χ3n) is 5.68. The molecule has 0 amide bonds. The zero-order chi connectivity index (χ0) is 19.8. The molecule has 1 saturated heterocycles. The highest BCUT2D eigenvalue weighted by molar-refractivity contribution is 7.80. The van der Waals surface area contributed by atoms with Crippen LogP contribution in [0.15, 0.2) is 47.1 Å². The zero-order valence-electron chi connectivity index (χ0n) is 17.2. The first kappa shape index (κ1) is 20.9. The maximum absolute atomic E-state index is 5.79. The molecule has 3 rings (SSSR count). The van der Waals surface area contributed by atoms with Crippen molar-refractivity contribution in [1.82, 2.24) is 4.90 Å². The van der Waals surface area contributed by atoms with Crippen molar-refractivity contribution in [1.29, 1.82) is 0 Å². The Kier molecular flexibility index (Phi) is 7.92. The van der Waals surface area contributed by atoms with Gasteiger partial charge in [-0.2, -0.15) is 0 Å². The van der Waals surface area contributed by atoms with Crippen LogP contribution >= 0.6 is 12.2 Å². The van der Waals surface area contributed by atoms with E-state index in [4.69, 9.17) is 16.6 Å². The van der Waals surface area contributed by atoms with E-state index in [9.17, 15) is 0 Å². The Balaban J connectivity index is 1.60. The van der Waals surface area contributed by atoms with Gasteiger partial charge in [0.25, 0.3) is 0 Å². The Hall–Kier alpha value is -1.85. The molecule has 0 saturated carbocycles. The van der Waals surface area contributed by atoms with Gasteiger partial charge in [0.15, 0.2) is 5.11 Å². The number of para-hydroxylation sites is 1. The van der Waals surface area contributed by atoms with Crippen LogP contribution in [-0.4, -0.2) is 36.2 Å². The molecular weight excluding hydrogens is 366 g/mol. The molecule has 0 aliphatic carbocycles. The van der Waals surface area contributed by atoms with E-state index < -0.39 is 0 Å². The Labute approximate surface area is 174 Å². The lowest BCUT2D eigenvalue weighted by molar-refractivity contribution is -0.908. The summed E-state index contributed by atoms with van der Waals surface area (Å²) in [6, 6.07) is 12.4. The normalized spacial score (nSPS) is 19.4. The van der Waals surface area contributed by atoms with Crippen LogP contribution in [0.3, 0.4) is 0 Å². The highest BCUT2D eigenvalue weighted by Crippen LogP contribution is 2.17. The third-order valence-corrected chi connectivity index (χ3v) is 6.04. The van der Waals surface area contributed by atoms with Crippen LogP contribution in [0, 0.1) is 5.92 Å². The van der Waals surface area contributed by atoms with Gasteiger partial charge in [-0.25, -0.2) is 0 Å². The van der Waals surface area contributed by atoms with Crippen molar-refractivity contribution in [2.24, 2.45) is 5.92 Å². The quantitative estimate of drug-likeness (QED) is 0.661. The maximum atomic E-state index is 5.79. The molecule has 4 nitrogen and oxygen atoms in total. The van der Waals surface area contributed by atoms with Gasteiger partial charge < -0.3 is 19.5 Å². The molecule has 152 valence electrons. The van der Waals surface area contributed by atoms with Crippen molar-refractivity contribution >= 4 is 23.0 Å². The van der Waals surface area contributed by atoms with E-state index in [-0.39, 0.29) is 0 Å². The predicted molar refractivity (Wildman–Crippen MR) is 120 cm³/mol. The van der Waals surface area contributed by atoms with E-state index in [0.29, 0.717) is 6.54 Å². The molecule has 1 aromatic heterocycles. The first-order chi connectivity index (χ1) is 13.7. The SMILES string of the molecule is CCc1ccccc1NC(=S)N(CCC[NH+]1CCCC(C)C1)Cc1ccco1. The van der Waals surface area contributed by atoms with Crippen LogP contribution in [0.5, 0.6) is 0 Å². The molecule has 5 heteroatoms. The van der Waals surface area contributed by atoms with Gasteiger partial charge in [0, 0.05) is 24.6 Å². The minimum absolute atomic E-state index is 0.707. The van der Waals surface area contributed by atoms with Crippen LogP contribution in [-0.2, 0) is 13.0 Å². The molecule has 0 radical (unpaired) electrons. The molecule has 2 aromatic rings. The summed E-state index contributed by atoms with van der Waals surface area (Å²) in [4.78, 5) is 3.99. The second-order valence-corrected chi connectivity index (χ2v) is 8.38. The number of hydrogen-bond acceptors (Lipinski definition) is 2. The third kappa shape index (κ3) is 6.08. The minimum Gasteiger partial charge on any atom is -0.467 e. The van der Waals surface area contributed by atoms with Crippen molar-refractivity contribution < 1.29 is 9.32 Å². The van der Waals surface area contributed by atoms with Gasteiger partial charge in [-0.15, -0.1) is 0 Å². The van der Waals surface area contributed by atoms with Crippen molar-refractivity contribution in [3.63, 3.8) is 0 Å². The van der Waals surface area contributed by atoms with E-state index in [1.807, 2.05) is 12.1 Å². The molecule has 1 fully saturated rings. The molecule has 1 aliphatic heterocycles. The van der Waals surface area contributed by atoms with Crippen molar-refractivity contribution in [3.05, 3.63) is 54.0 Å². The van der Waals surface area contributed by atoms with Crippen molar-refractivity contribution in [2.75, 3.05) is 31.5 Å². The molecule has 0 spiro atoms. The van der Waals surface area contributed by atoms with Crippen molar-refractivity contribution in [3.8, 4) is 0 Å². The average Bonchev–Trinajstić information content (AvgIpc) is 3.21. The fourth-order valence-corrected chi connectivity index (χ4v) is 4.40. The van der Waals surface area contributed by atoms with Gasteiger partial charge in [-0.1, -0.05) is 32.0 Å². The van der Waals surface area contributed by atoms with Gasteiger partial charge >= 0.3 is 0 Å². The lowest BCUT2D eigenvalue weighted by Crippen LogP contribution is -3.13. The number of benzene rings is 1. The summed E-state index contributed by atoms with van der Waals surface area (Å²) in [6.45, 7) is 10.0. The van der Waals surface area contributed by atoms with Crippen LogP contribution in [0.4, 0.5) is 5.69 Å². The number of thiocarbonyl (C=S) groups is 1. The molecule has 28 heavy (non-hydrogen) atoms. The molecule has 0 bridgehead atoms. The average molecular weight is 401 g/mol. The minimum atomic E-state index is 0.707. The molecule has 1 aliphatic rings. The Morgan fingerprint density at radius 2 is 2.14 bits per heavy atom. The summed E-state index contributed by atoms with van der Waals surface area (Å²) in [7, 11) is 0. The van der Waals surface area contributed by atoms with Crippen LogP contribution in [0.25, 0.3) is 0 Å². The van der Waals surface area contributed by atoms with Gasteiger partial charge in [-0.05, 0) is 55.2 Å². The molecule has 2 heterocycles. The fourth-order valence-electron chi connectivity index (χ4n) is 4.13. The first-order valence-corrected chi connectivity index (χ1v) is 11.1. The van der Waals surface area contributed by atoms with E-state index >= 15 is 0 Å². The molecule has 1 aromatic carbocycles. The maximum Gasteiger partial charge on any atom is 0.173 e. The number of quaternary nitrogens is 1. The number of hydrogen-bond donors (Lipinski definition) is 2. The van der Waals surface area contributed by atoms with Gasteiger partial charge in [0.1, 0.15) is 5.76 Å². The Bertz CT molecular complexity index is 731. The number of anilines is 1. The summed E-state index contributed by atoms with van der Waals surface area (Å²) in [5.74, 6) is 1.81. The molecule has 2 atom stereocenters. The topological polar surface area (TPSA) is 32.9 Å². The Morgan fingerprint density at radius 3 is 2.89 bits per heavy atom. The summed E-state index contributed by atoms with van der Waals surface area (Å²) >= 11 is 5.79. The number of piperidine rings is 1. The van der Waals surface area contributed by atoms with E-state index in [0.717, 1.165) is 41.9 Å². The second kappa shape index (κ2) is 10.6. The zero-order valence-corrected chi connectivity index (χ0v) is 18.1. The van der Waals surface area contributed by atoms with E-state index in [1.54, 1.807) is 11.2 Å². The van der Waals surface area contributed by atoms with Gasteiger partial charge in [0.2, 0.25) is 0 Å². The van der Waals surface area contributed by atoms with Crippen LogP contribution in [0.1, 0.15) is 44.4 Å². The number of nitrogens with zero attached hydrogens (tertiary/aromatic N) is 1. The lowest BCUT2D eigenvalue weighted by atomic mass is 10.0. The molecule has 2 unspecified atom stereocenters. The number of furan rings is 1. The number of rotatable bonds is 8. The predicted octanol–water partition coefficient (Wildman–Crippen LogP) is 3.75. The van der Waals surface area contributed by atoms with E-state index in [2.05, 4.69) is 48.3 Å². The molecular formula is C23H34N3OS+. The van der Waals surface area contributed by atoms with Gasteiger partial charge in [-0.3, -0.25) is 0 Å². The largest absolute Gasteiger partial charge is 0.467 e. The first-order valence-electron chi connectivity index (χ1n) is 10.7. The number of nitrogens with one attached hydrogen (secondary N) is 2. The lowest BCUT2D eigenvalue weighted by Gasteiger charge is -2.30. The number of likely N-dealkylation sites (tertiary alicyclic amines) is 1. The van der Waals surface area contributed by atoms with Gasteiger partial charge in [0.05, 0.1) is 32.4 Å². The smallest absolute Gasteiger partial charge is 0.173 e. The molecule has 2 N–H and O–H groups in total. The van der Waals surface area contributed by atoms with E-state index in [1.165, 1.54) is 38.0 Å².